The summed E-state index contributed by atoms with van der Waals surface area (Å²) in [4.78, 5) is 14.6. The van der Waals surface area contributed by atoms with Gasteiger partial charge in [0.05, 0.1) is 37.1 Å². The quantitative estimate of drug-likeness (QED) is 0.0342. The van der Waals surface area contributed by atoms with Crippen LogP contribution in [0.2, 0.25) is 0 Å². The number of phosphoric acid groups is 1. The van der Waals surface area contributed by atoms with E-state index in [0.29, 0.717) is 17.8 Å². The minimum atomic E-state index is -4.85. The van der Waals surface area contributed by atoms with E-state index in [-0.39, 0.29) is 30.2 Å². The van der Waals surface area contributed by atoms with Crippen LogP contribution in [-0.2, 0) is 40.0 Å². The molecule has 0 bridgehead atoms. The highest BCUT2D eigenvalue weighted by Crippen LogP contribution is 2.63. The highest BCUT2D eigenvalue weighted by molar-refractivity contribution is 7.47. The van der Waals surface area contributed by atoms with Gasteiger partial charge in [-0.2, -0.15) is 10.4 Å². The van der Waals surface area contributed by atoms with Crippen LogP contribution in [0.5, 0.6) is 0 Å². The molecule has 1 aromatic carbocycles. The maximum Gasteiger partial charge on any atom is 0.472 e. The number of halogens is 1. The summed E-state index contributed by atoms with van der Waals surface area (Å²) in [6, 6.07) is 9.18. The minimum Gasteiger partial charge on any atom is -0.386 e. The van der Waals surface area contributed by atoms with Crippen molar-refractivity contribution in [1.29, 1.82) is 5.26 Å². The van der Waals surface area contributed by atoms with E-state index in [2.05, 4.69) is 29.2 Å². The number of nitrogens with two attached hydrogens (primary N) is 1. The Morgan fingerprint density at radius 1 is 1.05 bits per heavy atom. The second kappa shape index (κ2) is 21.1. The fraction of sp³-hybridized carbons (Fsp3) is 0.634. The fourth-order valence-electron chi connectivity index (χ4n) is 7.34. The van der Waals surface area contributed by atoms with Crippen LogP contribution in [0.3, 0.4) is 0 Å². The van der Waals surface area contributed by atoms with E-state index in [4.69, 9.17) is 34.3 Å². The number of nitrogens with zero attached hydrogens (tertiary/aromatic N) is 4. The summed E-state index contributed by atoms with van der Waals surface area (Å²) in [5.74, 6) is -0.415. The van der Waals surface area contributed by atoms with Gasteiger partial charge < -0.3 is 35.1 Å². The Morgan fingerprint density at radius 3 is 2.39 bits per heavy atom. The van der Waals surface area contributed by atoms with Crippen LogP contribution >= 0.6 is 7.82 Å². The molecule has 5 rings (SSSR count). The molecule has 1 saturated heterocycles. The second-order valence-corrected chi connectivity index (χ2v) is 16.7. The highest BCUT2D eigenvalue weighted by atomic mass is 31.2. The van der Waals surface area contributed by atoms with Gasteiger partial charge in [0.15, 0.2) is 11.4 Å². The number of phosphoric ester groups is 1. The maximum absolute atomic E-state index is 14.6. The normalized spacial score (nSPS) is 24.5. The Hall–Kier alpha value is -3.29. The molecule has 0 amide bonds. The molecule has 57 heavy (non-hydrogen) atoms. The number of nitriles is 1. The van der Waals surface area contributed by atoms with Crippen LogP contribution in [0.1, 0.15) is 121 Å². The Balaban J connectivity index is 1.04. The van der Waals surface area contributed by atoms with Gasteiger partial charge in [0.1, 0.15) is 47.7 Å². The number of hydrogen-bond acceptors (Lipinski definition) is 12. The number of unbranched alkanes of at least 4 members (excludes halogenated alkanes) is 12. The molecule has 5 N–H and O–H groups in total. The number of aliphatic hydroxyl groups excluding tert-OH is 1. The lowest BCUT2D eigenvalue weighted by molar-refractivity contribution is -0.127. The van der Waals surface area contributed by atoms with Crippen molar-refractivity contribution in [3.8, 4) is 6.07 Å². The third-order valence-electron chi connectivity index (χ3n) is 10.8. The SMILES string of the molecule is CCCCCCCC/C=C/CCCCCCCCOC[C@H](COP(=O)(O)OC1[C@H]2O[C@@](C)(c3ccc4c(N)ncnn34)[C@H](O)[C@@]12O)OCc1ccc(C#N)cc1F. The van der Waals surface area contributed by atoms with Crippen LogP contribution in [-0.4, -0.2) is 79.5 Å². The predicted octanol–water partition coefficient (Wildman–Crippen LogP) is 7.18. The summed E-state index contributed by atoms with van der Waals surface area (Å²) in [5, 5.41) is 35.9. The first-order valence-corrected chi connectivity index (χ1v) is 21.8. The first kappa shape index (κ1) is 44.8. The third-order valence-corrected chi connectivity index (χ3v) is 11.8. The van der Waals surface area contributed by atoms with Crippen LogP contribution in [0.4, 0.5) is 10.2 Å². The average molecular weight is 816 g/mol. The molecule has 7 atom stereocenters. The smallest absolute Gasteiger partial charge is 0.386 e. The van der Waals surface area contributed by atoms with Crippen LogP contribution in [0.15, 0.2) is 48.8 Å². The van der Waals surface area contributed by atoms with Crippen LogP contribution < -0.4 is 5.73 Å². The number of aromatic nitrogens is 3. The number of rotatable bonds is 27. The van der Waals surface area contributed by atoms with E-state index in [1.54, 1.807) is 19.1 Å². The lowest BCUT2D eigenvalue weighted by Crippen LogP contribution is -2.46. The number of fused-ring (bicyclic) bond motifs is 2. The monoisotopic (exact) mass is 815 g/mol. The van der Waals surface area contributed by atoms with E-state index in [1.165, 1.54) is 80.8 Å². The number of ether oxygens (including phenoxy) is 3. The summed E-state index contributed by atoms with van der Waals surface area (Å²) in [7, 11) is -4.85. The van der Waals surface area contributed by atoms with Gasteiger partial charge in [-0.15, -0.1) is 0 Å². The van der Waals surface area contributed by atoms with Gasteiger partial charge in [0.25, 0.3) is 0 Å². The summed E-state index contributed by atoms with van der Waals surface area (Å²) in [6.45, 7) is 3.54. The number of anilines is 1. The Morgan fingerprint density at radius 2 is 1.74 bits per heavy atom. The zero-order valence-electron chi connectivity index (χ0n) is 33.1. The molecular weight excluding hydrogens is 756 g/mol. The number of benzene rings is 1. The number of hydrogen-bond donors (Lipinski definition) is 4. The van der Waals surface area contributed by atoms with Gasteiger partial charge in [-0.05, 0) is 63.3 Å². The molecule has 1 aliphatic carbocycles. The van der Waals surface area contributed by atoms with Crippen molar-refractivity contribution in [1.82, 2.24) is 14.6 Å². The van der Waals surface area contributed by atoms with Gasteiger partial charge in [0, 0.05) is 12.2 Å². The molecule has 3 aromatic rings. The predicted molar refractivity (Wildman–Crippen MR) is 211 cm³/mol. The topological polar surface area (TPSA) is 204 Å². The molecule has 3 heterocycles. The maximum atomic E-state index is 14.6. The number of nitrogen functional groups attached to an aromatic ring is 1. The van der Waals surface area contributed by atoms with E-state index >= 15 is 0 Å². The zero-order valence-corrected chi connectivity index (χ0v) is 34.0. The van der Waals surface area contributed by atoms with Crippen LogP contribution in [0, 0.1) is 17.1 Å². The van der Waals surface area contributed by atoms with Crippen molar-refractivity contribution >= 4 is 19.2 Å². The lowest BCUT2D eigenvalue weighted by Gasteiger charge is -2.32. The van der Waals surface area contributed by atoms with Crippen molar-refractivity contribution in [2.24, 2.45) is 0 Å². The van der Waals surface area contributed by atoms with Crippen molar-refractivity contribution in [3.63, 3.8) is 0 Å². The second-order valence-electron chi connectivity index (χ2n) is 15.3. The molecule has 2 aliphatic rings. The average Bonchev–Trinajstić information content (AvgIpc) is 3.44. The molecule has 2 unspecified atom stereocenters. The van der Waals surface area contributed by atoms with Crippen molar-refractivity contribution < 1.29 is 47.3 Å². The summed E-state index contributed by atoms with van der Waals surface area (Å²) >= 11 is 0. The van der Waals surface area contributed by atoms with E-state index in [0.717, 1.165) is 38.2 Å². The Labute approximate surface area is 334 Å². The molecule has 14 nitrogen and oxygen atoms in total. The fourth-order valence-corrected chi connectivity index (χ4v) is 8.32. The molecule has 1 aliphatic heterocycles. The molecule has 16 heteroatoms. The first-order chi connectivity index (χ1) is 27.4. The van der Waals surface area contributed by atoms with Gasteiger partial charge in [0.2, 0.25) is 0 Å². The third kappa shape index (κ3) is 11.7. The standard InChI is InChI=1S/C41H59FN5O9P/c1-3-4-5-6-7-8-9-10-11-12-13-14-15-16-17-18-23-52-27-32(53-26-31-20-19-30(25-43)24-33(31)42)28-54-57(50,51)56-37-36-41(37,49)39(48)40(2,55-36)35-22-21-34-38(44)45-29-46-47(34)35/h10-11,19-22,24,29,32,36-37,39,48-49H,3-9,12-18,23,26-28H2,1-2H3,(H,50,51)(H2,44,45,46)/b11-10+/t32-,36-,37?,39+,40+,41+/m1/s1. The van der Waals surface area contributed by atoms with Gasteiger partial charge in [-0.1, -0.05) is 82.9 Å². The largest absolute Gasteiger partial charge is 0.472 e. The van der Waals surface area contributed by atoms with Crippen LogP contribution in [0.25, 0.3) is 5.52 Å². The highest BCUT2D eigenvalue weighted by Gasteiger charge is 2.82. The Bertz CT molecular complexity index is 1860. The molecule has 0 spiro atoms. The number of aliphatic hydroxyl groups is 2. The molecule has 2 aromatic heterocycles. The van der Waals surface area contributed by atoms with Gasteiger partial charge in [-0.25, -0.2) is 18.5 Å². The zero-order chi connectivity index (χ0) is 40.9. The lowest BCUT2D eigenvalue weighted by atomic mass is 9.91. The van der Waals surface area contributed by atoms with E-state index in [1.807, 2.05) is 6.07 Å². The van der Waals surface area contributed by atoms with Gasteiger partial charge >= 0.3 is 7.82 Å². The molecule has 2 fully saturated rings. The summed E-state index contributed by atoms with van der Waals surface area (Å²) in [6.07, 6.45) is 17.5. The molecule has 0 radical (unpaired) electrons. The number of allylic oxidation sites excluding steroid dienone is 2. The van der Waals surface area contributed by atoms with Gasteiger partial charge in [-0.3, -0.25) is 9.05 Å². The minimum absolute atomic E-state index is 0.0154. The van der Waals surface area contributed by atoms with E-state index in [9.17, 15) is 24.1 Å². The van der Waals surface area contributed by atoms with E-state index < -0.39 is 55.9 Å². The van der Waals surface area contributed by atoms with Crippen molar-refractivity contribution in [2.75, 3.05) is 25.6 Å². The molecular formula is C41H59FN5O9P. The van der Waals surface area contributed by atoms with Crippen molar-refractivity contribution in [2.45, 2.75) is 146 Å². The summed E-state index contributed by atoms with van der Waals surface area (Å²) in [5.41, 5.74) is 3.67. The summed E-state index contributed by atoms with van der Waals surface area (Å²) < 4.78 is 57.5. The first-order valence-electron chi connectivity index (χ1n) is 20.3. The Kier molecular flexibility index (Phi) is 16.6. The molecule has 314 valence electrons. The molecule has 1 saturated carbocycles. The van der Waals surface area contributed by atoms with Crippen molar-refractivity contribution in [3.05, 3.63) is 71.4 Å².